The lowest BCUT2D eigenvalue weighted by atomic mass is 9.82. The van der Waals surface area contributed by atoms with E-state index in [1.54, 1.807) is 0 Å². The first kappa shape index (κ1) is 13.4. The molecule has 2 rings (SSSR count). The molecular weight excluding hydrogens is 222 g/mol. The molecule has 0 fully saturated rings. The second-order valence-corrected chi connectivity index (χ2v) is 6.26. The van der Waals surface area contributed by atoms with Crippen LogP contribution in [0.15, 0.2) is 12.1 Å². The molecule has 0 saturated heterocycles. The normalized spacial score (nSPS) is 19.9. The topological polar surface area (TPSA) is 35.2 Å². The number of nitrogens with two attached hydrogens (primary N) is 1. The molecule has 1 aliphatic rings. The van der Waals surface area contributed by atoms with Gasteiger partial charge in [-0.3, -0.25) is 0 Å². The Morgan fingerprint density at radius 2 is 2.06 bits per heavy atom. The van der Waals surface area contributed by atoms with Crippen LogP contribution in [0.25, 0.3) is 0 Å². The molecule has 0 saturated carbocycles. The van der Waals surface area contributed by atoms with Crippen LogP contribution >= 0.6 is 0 Å². The van der Waals surface area contributed by atoms with E-state index in [1.165, 1.54) is 16.7 Å². The molecule has 1 atom stereocenters. The van der Waals surface area contributed by atoms with Crippen LogP contribution in [0.2, 0.25) is 0 Å². The van der Waals surface area contributed by atoms with Crippen LogP contribution in [0.4, 0.5) is 0 Å². The Hall–Kier alpha value is -1.02. The minimum Gasteiger partial charge on any atom is -0.493 e. The molecule has 1 aromatic carbocycles. The zero-order chi connectivity index (χ0) is 13.3. The Balaban J connectivity index is 2.62. The van der Waals surface area contributed by atoms with Gasteiger partial charge in [0.15, 0.2) is 0 Å². The first-order chi connectivity index (χ1) is 8.43. The summed E-state index contributed by atoms with van der Waals surface area (Å²) < 4.78 is 6.00. The molecule has 2 heteroatoms. The largest absolute Gasteiger partial charge is 0.493 e. The average molecular weight is 247 g/mol. The highest BCUT2D eigenvalue weighted by atomic mass is 16.5. The average Bonchev–Trinajstić information content (AvgIpc) is 2.49. The van der Waals surface area contributed by atoms with Crippen molar-refractivity contribution in [2.24, 2.45) is 5.73 Å². The van der Waals surface area contributed by atoms with Gasteiger partial charge in [0.05, 0.1) is 6.61 Å². The van der Waals surface area contributed by atoms with Crippen LogP contribution in [-0.4, -0.2) is 6.61 Å². The monoisotopic (exact) mass is 247 g/mol. The Bertz CT molecular complexity index is 431. The van der Waals surface area contributed by atoms with Crippen LogP contribution in [-0.2, 0) is 11.8 Å². The third kappa shape index (κ3) is 2.54. The van der Waals surface area contributed by atoms with Crippen LogP contribution in [0, 0.1) is 0 Å². The number of ether oxygens (including phenoxy) is 1. The van der Waals surface area contributed by atoms with Gasteiger partial charge in [-0.25, -0.2) is 0 Å². The maximum Gasteiger partial charge on any atom is 0.127 e. The summed E-state index contributed by atoms with van der Waals surface area (Å²) in [4.78, 5) is 0. The summed E-state index contributed by atoms with van der Waals surface area (Å²) in [5.74, 6) is 1.05. The van der Waals surface area contributed by atoms with Gasteiger partial charge in [0, 0.05) is 17.2 Å². The van der Waals surface area contributed by atoms with Crippen molar-refractivity contribution in [3.63, 3.8) is 0 Å². The van der Waals surface area contributed by atoms with Gasteiger partial charge in [-0.05, 0) is 30.2 Å². The Labute approximate surface area is 111 Å². The molecule has 0 radical (unpaired) electrons. The van der Waals surface area contributed by atoms with Crippen molar-refractivity contribution in [3.05, 3.63) is 28.8 Å². The third-order valence-corrected chi connectivity index (χ3v) is 3.70. The second-order valence-electron chi connectivity index (χ2n) is 6.26. The molecule has 18 heavy (non-hydrogen) atoms. The van der Waals surface area contributed by atoms with Gasteiger partial charge in [-0.15, -0.1) is 0 Å². The molecule has 2 N–H and O–H groups in total. The van der Waals surface area contributed by atoms with Gasteiger partial charge in [0.1, 0.15) is 5.75 Å². The van der Waals surface area contributed by atoms with Crippen molar-refractivity contribution < 1.29 is 4.74 Å². The summed E-state index contributed by atoms with van der Waals surface area (Å²) in [7, 11) is 0. The van der Waals surface area contributed by atoms with E-state index in [9.17, 15) is 0 Å². The fraction of sp³-hybridized carbons (Fsp3) is 0.625. The van der Waals surface area contributed by atoms with E-state index in [2.05, 4.69) is 39.8 Å². The maximum atomic E-state index is 6.30. The van der Waals surface area contributed by atoms with Crippen molar-refractivity contribution >= 4 is 0 Å². The highest BCUT2D eigenvalue weighted by Crippen LogP contribution is 2.40. The lowest BCUT2D eigenvalue weighted by Gasteiger charge is -2.26. The van der Waals surface area contributed by atoms with Crippen LogP contribution in [0.5, 0.6) is 5.75 Å². The molecule has 100 valence electrons. The molecule has 1 aromatic rings. The molecule has 0 aromatic heterocycles. The van der Waals surface area contributed by atoms with Crippen LogP contribution in [0.3, 0.4) is 0 Å². The van der Waals surface area contributed by atoms with Crippen LogP contribution in [0.1, 0.15) is 63.3 Å². The van der Waals surface area contributed by atoms with E-state index in [-0.39, 0.29) is 11.5 Å². The minimum atomic E-state index is 0.0966. The number of rotatable bonds is 1. The third-order valence-electron chi connectivity index (χ3n) is 3.70. The zero-order valence-corrected chi connectivity index (χ0v) is 12.0. The van der Waals surface area contributed by atoms with E-state index < -0.39 is 0 Å². The number of fused-ring (bicyclic) bond motifs is 1. The molecule has 0 bridgehead atoms. The summed E-state index contributed by atoms with van der Waals surface area (Å²) in [6.07, 6.45) is 3.10. The fourth-order valence-electron chi connectivity index (χ4n) is 2.54. The summed E-state index contributed by atoms with van der Waals surface area (Å²) in [5, 5.41) is 0. The van der Waals surface area contributed by atoms with Gasteiger partial charge >= 0.3 is 0 Å². The smallest absolute Gasteiger partial charge is 0.127 e. The maximum absolute atomic E-state index is 6.30. The van der Waals surface area contributed by atoms with Gasteiger partial charge in [0.25, 0.3) is 0 Å². The first-order valence-electron chi connectivity index (χ1n) is 6.99. The molecule has 0 aliphatic carbocycles. The molecule has 0 amide bonds. The first-order valence-corrected chi connectivity index (χ1v) is 6.99. The predicted molar refractivity (Wildman–Crippen MR) is 76.2 cm³/mol. The van der Waals surface area contributed by atoms with Gasteiger partial charge < -0.3 is 10.5 Å². The van der Waals surface area contributed by atoms with Gasteiger partial charge in [0.2, 0.25) is 0 Å². The summed E-state index contributed by atoms with van der Waals surface area (Å²) >= 11 is 0. The Morgan fingerprint density at radius 3 is 2.67 bits per heavy atom. The fourth-order valence-corrected chi connectivity index (χ4v) is 2.54. The number of aryl methyl sites for hydroxylation is 1. The van der Waals surface area contributed by atoms with Crippen LogP contribution < -0.4 is 10.5 Å². The van der Waals surface area contributed by atoms with Crippen molar-refractivity contribution in [2.75, 3.05) is 6.61 Å². The predicted octanol–water partition coefficient (Wildman–Crippen LogP) is 3.72. The Kier molecular flexibility index (Phi) is 3.67. The number of hydrogen-bond donors (Lipinski definition) is 1. The Morgan fingerprint density at radius 1 is 1.33 bits per heavy atom. The van der Waals surface area contributed by atoms with E-state index >= 15 is 0 Å². The highest BCUT2D eigenvalue weighted by Gasteiger charge is 2.26. The second kappa shape index (κ2) is 4.93. The SMILES string of the molecule is CCc1cc2c(c(C(C)(C)C)c1)OCCC[C@H]2N. The summed E-state index contributed by atoms with van der Waals surface area (Å²) in [6.45, 7) is 9.69. The van der Waals surface area contributed by atoms with Crippen molar-refractivity contribution in [3.8, 4) is 5.75 Å². The minimum absolute atomic E-state index is 0.0966. The van der Waals surface area contributed by atoms with Crippen molar-refractivity contribution in [1.29, 1.82) is 0 Å². The molecule has 0 unspecified atom stereocenters. The van der Waals surface area contributed by atoms with E-state index in [1.807, 2.05) is 0 Å². The van der Waals surface area contributed by atoms with E-state index in [0.717, 1.165) is 31.6 Å². The van der Waals surface area contributed by atoms with Crippen molar-refractivity contribution in [2.45, 2.75) is 58.4 Å². The number of benzene rings is 1. The lowest BCUT2D eigenvalue weighted by molar-refractivity contribution is 0.308. The quantitative estimate of drug-likeness (QED) is 0.821. The standard InChI is InChI=1S/C16H25NO/c1-5-11-9-12-14(17)7-6-8-18-15(12)13(10-11)16(2,3)4/h9-10,14H,5-8,17H2,1-4H3/t14-/m1/s1. The molecule has 1 aliphatic heterocycles. The van der Waals surface area contributed by atoms with E-state index in [0.29, 0.717) is 0 Å². The zero-order valence-electron chi connectivity index (χ0n) is 12.0. The number of hydrogen-bond acceptors (Lipinski definition) is 2. The van der Waals surface area contributed by atoms with Gasteiger partial charge in [-0.2, -0.15) is 0 Å². The molecule has 2 nitrogen and oxygen atoms in total. The van der Waals surface area contributed by atoms with Gasteiger partial charge in [-0.1, -0.05) is 39.8 Å². The molecule has 1 heterocycles. The summed E-state index contributed by atoms with van der Waals surface area (Å²) in [5.41, 5.74) is 10.3. The molecular formula is C16H25NO. The highest BCUT2D eigenvalue weighted by molar-refractivity contribution is 5.49. The van der Waals surface area contributed by atoms with E-state index in [4.69, 9.17) is 10.5 Å². The van der Waals surface area contributed by atoms with Crippen molar-refractivity contribution in [1.82, 2.24) is 0 Å². The lowest BCUT2D eigenvalue weighted by Crippen LogP contribution is -2.17. The summed E-state index contributed by atoms with van der Waals surface area (Å²) in [6, 6.07) is 4.65. The molecule has 0 spiro atoms.